The van der Waals surface area contributed by atoms with Crippen LogP contribution in [0.25, 0.3) is 0 Å². The lowest BCUT2D eigenvalue weighted by Gasteiger charge is -2.24. The Kier molecular flexibility index (Phi) is 9.95. The molecule has 0 radical (unpaired) electrons. The topological polar surface area (TPSA) is 35.5 Å². The van der Waals surface area contributed by atoms with Crippen molar-refractivity contribution >= 4 is 6.16 Å². The zero-order valence-electron chi connectivity index (χ0n) is 14.4. The maximum atomic E-state index is 11.8. The van der Waals surface area contributed by atoms with E-state index in [1.807, 2.05) is 27.7 Å². The van der Waals surface area contributed by atoms with Gasteiger partial charge in [-0.3, -0.25) is 0 Å². The van der Waals surface area contributed by atoms with Gasteiger partial charge in [-0.25, -0.2) is 4.79 Å². The van der Waals surface area contributed by atoms with Gasteiger partial charge in [0.25, 0.3) is 0 Å². The molecule has 0 aliphatic carbocycles. The monoisotopic (exact) mass is 296 g/mol. The predicted octanol–water partition coefficient (Wildman–Crippen LogP) is 5.33. The Morgan fingerprint density at radius 3 is 2.24 bits per heavy atom. The number of terminal acetylenes is 1. The first kappa shape index (κ1) is 19.8. The van der Waals surface area contributed by atoms with Gasteiger partial charge in [0.2, 0.25) is 0 Å². The lowest BCUT2D eigenvalue weighted by molar-refractivity contribution is -0.0352. The van der Waals surface area contributed by atoms with Gasteiger partial charge in [-0.15, -0.1) is 6.42 Å². The van der Waals surface area contributed by atoms with Crippen molar-refractivity contribution in [2.75, 3.05) is 0 Å². The van der Waals surface area contributed by atoms with Crippen molar-refractivity contribution in [3.05, 3.63) is 0 Å². The normalized spacial score (nSPS) is 14.1. The molecule has 0 unspecified atom stereocenters. The first-order valence-corrected chi connectivity index (χ1v) is 8.16. The zero-order chi connectivity index (χ0) is 16.3. The van der Waals surface area contributed by atoms with E-state index >= 15 is 0 Å². The third-order valence-corrected chi connectivity index (χ3v) is 3.30. The highest BCUT2D eigenvalue weighted by Gasteiger charge is 2.24. The molecular weight excluding hydrogens is 264 g/mol. The van der Waals surface area contributed by atoms with Crippen molar-refractivity contribution in [3.63, 3.8) is 0 Å². The third-order valence-electron chi connectivity index (χ3n) is 3.30. The minimum Gasteiger partial charge on any atom is -0.430 e. The molecular formula is C18H32O3. The average molecular weight is 296 g/mol. The van der Waals surface area contributed by atoms with Crippen LogP contribution >= 0.6 is 0 Å². The predicted molar refractivity (Wildman–Crippen MR) is 87.1 cm³/mol. The molecule has 122 valence electrons. The number of rotatable bonds is 9. The molecule has 2 atom stereocenters. The molecule has 0 aliphatic heterocycles. The molecule has 0 saturated carbocycles. The second-order valence-electron chi connectivity index (χ2n) is 6.63. The minimum atomic E-state index is -0.624. The molecule has 0 amide bonds. The van der Waals surface area contributed by atoms with Crippen molar-refractivity contribution < 1.29 is 14.3 Å². The summed E-state index contributed by atoms with van der Waals surface area (Å²) in [5, 5.41) is 0. The van der Waals surface area contributed by atoms with Crippen LogP contribution < -0.4 is 0 Å². The molecule has 0 saturated heterocycles. The molecule has 0 aliphatic rings. The van der Waals surface area contributed by atoms with E-state index in [0.29, 0.717) is 0 Å². The summed E-state index contributed by atoms with van der Waals surface area (Å²) in [6, 6.07) is 0. The SMILES string of the molecule is C#C[C@@H](C)[C@H](CCCCCCCC)OC(=O)OC(C)(C)C. The first-order valence-electron chi connectivity index (χ1n) is 8.16. The molecule has 3 heteroatoms. The van der Waals surface area contributed by atoms with E-state index in [1.165, 1.54) is 25.7 Å². The average Bonchev–Trinajstić information content (AvgIpc) is 2.38. The van der Waals surface area contributed by atoms with Crippen molar-refractivity contribution in [2.45, 2.75) is 91.3 Å². The Hall–Kier alpha value is -1.17. The van der Waals surface area contributed by atoms with Crippen LogP contribution in [-0.2, 0) is 9.47 Å². The van der Waals surface area contributed by atoms with E-state index in [-0.39, 0.29) is 12.0 Å². The highest BCUT2D eigenvalue weighted by Crippen LogP contribution is 2.18. The van der Waals surface area contributed by atoms with Crippen LogP contribution in [0, 0.1) is 18.3 Å². The second kappa shape index (κ2) is 10.5. The molecule has 0 aromatic rings. The van der Waals surface area contributed by atoms with Crippen LogP contribution in [0.1, 0.15) is 79.6 Å². The van der Waals surface area contributed by atoms with Gasteiger partial charge in [-0.1, -0.05) is 44.9 Å². The fourth-order valence-electron chi connectivity index (χ4n) is 2.04. The number of ether oxygens (including phenoxy) is 2. The minimum absolute atomic E-state index is 0.0897. The quantitative estimate of drug-likeness (QED) is 0.328. The van der Waals surface area contributed by atoms with E-state index in [1.54, 1.807) is 0 Å². The Morgan fingerprint density at radius 2 is 1.71 bits per heavy atom. The molecule has 0 aromatic heterocycles. The van der Waals surface area contributed by atoms with Crippen LogP contribution in [0.5, 0.6) is 0 Å². The number of carbonyl (C=O) groups is 1. The fourth-order valence-corrected chi connectivity index (χ4v) is 2.04. The second-order valence-corrected chi connectivity index (χ2v) is 6.63. The summed E-state index contributed by atoms with van der Waals surface area (Å²) in [4.78, 5) is 11.8. The van der Waals surface area contributed by atoms with Gasteiger partial charge in [-0.2, -0.15) is 0 Å². The third kappa shape index (κ3) is 11.2. The maximum absolute atomic E-state index is 11.8. The molecule has 0 rings (SSSR count). The van der Waals surface area contributed by atoms with Gasteiger partial charge in [0, 0.05) is 0 Å². The number of carbonyl (C=O) groups excluding carboxylic acids is 1. The van der Waals surface area contributed by atoms with Gasteiger partial charge in [0.15, 0.2) is 0 Å². The van der Waals surface area contributed by atoms with Crippen LogP contribution in [0.4, 0.5) is 4.79 Å². The number of unbranched alkanes of at least 4 members (excludes halogenated alkanes) is 5. The summed E-state index contributed by atoms with van der Waals surface area (Å²) in [6.45, 7) is 9.58. The van der Waals surface area contributed by atoms with Crippen molar-refractivity contribution in [1.82, 2.24) is 0 Å². The molecule has 0 heterocycles. The van der Waals surface area contributed by atoms with Crippen molar-refractivity contribution in [1.29, 1.82) is 0 Å². The maximum Gasteiger partial charge on any atom is 0.509 e. The summed E-state index contributed by atoms with van der Waals surface area (Å²) < 4.78 is 10.6. The highest BCUT2D eigenvalue weighted by molar-refractivity contribution is 5.60. The van der Waals surface area contributed by atoms with Gasteiger partial charge >= 0.3 is 6.16 Å². The summed E-state index contributed by atoms with van der Waals surface area (Å²) in [7, 11) is 0. The smallest absolute Gasteiger partial charge is 0.430 e. The molecule has 0 spiro atoms. The van der Waals surface area contributed by atoms with Gasteiger partial charge in [0.05, 0.1) is 5.92 Å². The zero-order valence-corrected chi connectivity index (χ0v) is 14.4. The highest BCUT2D eigenvalue weighted by atomic mass is 16.7. The van der Waals surface area contributed by atoms with E-state index in [2.05, 4.69) is 12.8 Å². The Labute approximate surface area is 130 Å². The van der Waals surface area contributed by atoms with Crippen LogP contribution in [-0.4, -0.2) is 17.9 Å². The van der Waals surface area contributed by atoms with Gasteiger partial charge in [-0.05, 0) is 40.5 Å². The van der Waals surface area contributed by atoms with Crippen molar-refractivity contribution in [2.24, 2.45) is 5.92 Å². The summed E-state index contributed by atoms with van der Waals surface area (Å²) in [5.41, 5.74) is -0.541. The standard InChI is InChI=1S/C18H32O3/c1-7-9-10-11-12-13-14-16(15(3)8-2)20-17(19)21-18(4,5)6/h2,15-16H,7,9-14H2,1,3-6H3/t15-,16+/m1/s1. The van der Waals surface area contributed by atoms with E-state index in [9.17, 15) is 4.79 Å². The van der Waals surface area contributed by atoms with Crippen LogP contribution in [0.15, 0.2) is 0 Å². The molecule has 0 aromatic carbocycles. The Morgan fingerprint density at radius 1 is 1.14 bits per heavy atom. The van der Waals surface area contributed by atoms with E-state index in [4.69, 9.17) is 15.9 Å². The van der Waals surface area contributed by atoms with Crippen LogP contribution in [0.3, 0.4) is 0 Å². The number of hydrogen-bond donors (Lipinski definition) is 0. The summed E-state index contributed by atoms with van der Waals surface area (Å²) >= 11 is 0. The van der Waals surface area contributed by atoms with Gasteiger partial charge < -0.3 is 9.47 Å². The molecule has 3 nitrogen and oxygen atoms in total. The van der Waals surface area contributed by atoms with Gasteiger partial charge in [0.1, 0.15) is 11.7 Å². The first-order chi connectivity index (χ1) is 9.80. The lowest BCUT2D eigenvalue weighted by atomic mass is 9.99. The lowest BCUT2D eigenvalue weighted by Crippen LogP contribution is -2.30. The largest absolute Gasteiger partial charge is 0.509 e. The molecule has 0 N–H and O–H groups in total. The molecule has 0 fully saturated rings. The Bertz CT molecular complexity index is 322. The van der Waals surface area contributed by atoms with Crippen LogP contribution in [0.2, 0.25) is 0 Å². The fraction of sp³-hybridized carbons (Fsp3) is 0.833. The molecule has 0 bridgehead atoms. The molecule has 21 heavy (non-hydrogen) atoms. The van der Waals surface area contributed by atoms with E-state index < -0.39 is 11.8 Å². The summed E-state index contributed by atoms with van der Waals surface area (Å²) in [5.74, 6) is 2.57. The Balaban J connectivity index is 4.16. The summed E-state index contributed by atoms with van der Waals surface area (Å²) in [6.07, 6.45) is 12.6. The van der Waals surface area contributed by atoms with E-state index in [0.717, 1.165) is 19.3 Å². The number of hydrogen-bond acceptors (Lipinski definition) is 3. The van der Waals surface area contributed by atoms with Crippen molar-refractivity contribution in [3.8, 4) is 12.3 Å².